The number of benzene rings is 4. The van der Waals surface area contributed by atoms with Crippen LogP contribution in [0.3, 0.4) is 0 Å². The fourth-order valence-corrected chi connectivity index (χ4v) is 8.82. The SMILES string of the molecule is C1CNCCNC1.CCC.CN(C)C(=O)c1ccc(F)cc1.CN(C)C(=O)c1ccc(N2CCCN(c3ccnc(Cl)c3C#N)CC2)cc1.CN(C)C(=O)c1ccc(N2CCCNCC2)cc1.Cl.N#Cc1c(Cl)ccnc1Cl.NCC(N)=O.O=C(Cl)C(=O)Cl.O=C(O)c1ccc(F)cc1. The highest BCUT2D eigenvalue weighted by molar-refractivity contribution is 6.97. The monoisotopic (exact) mass is 1490 g/mol. The lowest BCUT2D eigenvalue weighted by molar-refractivity contribution is -0.127. The number of pyridine rings is 2. The van der Waals surface area contributed by atoms with E-state index in [9.17, 15) is 47.6 Å². The van der Waals surface area contributed by atoms with Crippen LogP contribution >= 0.6 is 70.4 Å². The average molecular weight is 1490 g/mol. The van der Waals surface area contributed by atoms with Crippen LogP contribution in [-0.4, -0.2) is 197 Å². The van der Waals surface area contributed by atoms with Crippen LogP contribution in [-0.2, 0) is 14.4 Å². The Morgan fingerprint density at radius 2 is 0.859 bits per heavy atom. The van der Waals surface area contributed by atoms with Gasteiger partial charge in [0.2, 0.25) is 5.91 Å². The molecule has 3 aliphatic heterocycles. The summed E-state index contributed by atoms with van der Waals surface area (Å²) in [6, 6.07) is 33.2. The van der Waals surface area contributed by atoms with Crippen LogP contribution in [0.2, 0.25) is 15.3 Å². The summed E-state index contributed by atoms with van der Waals surface area (Å²) in [5.41, 5.74) is 15.1. The number of rotatable bonds is 9. The summed E-state index contributed by atoms with van der Waals surface area (Å²) in [6.07, 6.45) is 7.74. The Hall–Kier alpha value is -8.31. The Kier molecular flexibility index (Phi) is 47.5. The van der Waals surface area contributed by atoms with Crippen molar-refractivity contribution in [2.45, 2.75) is 39.5 Å². The number of carbonyl (C=O) groups excluding carboxylic acids is 6. The molecule has 0 radical (unpaired) electrons. The fraction of sp³-hybridized carbons (Fsp3) is 0.368. The molecule has 4 aromatic carbocycles. The minimum atomic E-state index is -1.14. The number of nitrogens with one attached hydrogen (secondary N) is 3. The van der Waals surface area contributed by atoms with Crippen molar-refractivity contribution in [3.8, 4) is 12.1 Å². The van der Waals surface area contributed by atoms with E-state index in [1.807, 2.05) is 60.7 Å². The number of carbonyl (C=O) groups is 7. The number of hydrogen-bond donors (Lipinski definition) is 6. The molecule has 4 amide bonds. The number of nitrogens with two attached hydrogens (primary N) is 2. The van der Waals surface area contributed by atoms with Crippen LogP contribution in [0, 0.1) is 34.3 Å². The number of primary amides is 1. The van der Waals surface area contributed by atoms with Gasteiger partial charge in [0.1, 0.15) is 45.2 Å². The van der Waals surface area contributed by atoms with Gasteiger partial charge in [0, 0.05) is 142 Å². The summed E-state index contributed by atoms with van der Waals surface area (Å²) in [6.45, 7) is 16.4. The van der Waals surface area contributed by atoms with E-state index in [1.165, 1.54) is 91.6 Å². The summed E-state index contributed by atoms with van der Waals surface area (Å²) in [5.74, 6) is -2.32. The second-order valence-electron chi connectivity index (χ2n) is 21.4. The van der Waals surface area contributed by atoms with E-state index in [1.54, 1.807) is 58.3 Å². The first-order valence-electron chi connectivity index (χ1n) is 30.7. The first-order valence-corrected chi connectivity index (χ1v) is 32.6. The van der Waals surface area contributed by atoms with Crippen molar-refractivity contribution in [1.82, 2.24) is 40.6 Å². The van der Waals surface area contributed by atoms with Crippen molar-refractivity contribution >= 4 is 128 Å². The quantitative estimate of drug-likeness (QED) is 0.0445. The number of amides is 4. The second-order valence-corrected chi connectivity index (χ2v) is 23.2. The molecule has 538 valence electrons. The zero-order chi connectivity index (χ0) is 73.7. The molecule has 0 atom stereocenters. The maximum Gasteiger partial charge on any atom is 0.335 e. The fourth-order valence-electron chi connectivity index (χ4n) is 8.18. The Labute approximate surface area is 609 Å². The maximum atomic E-state index is 12.4. The Morgan fingerprint density at radius 1 is 0.515 bits per heavy atom. The molecule has 0 bridgehead atoms. The van der Waals surface area contributed by atoms with E-state index in [2.05, 4.69) is 89.5 Å². The van der Waals surface area contributed by atoms with Gasteiger partial charge in [-0.15, -0.1) is 12.4 Å². The predicted molar refractivity (Wildman–Crippen MR) is 392 cm³/mol. The summed E-state index contributed by atoms with van der Waals surface area (Å²) >= 11 is 26.2. The lowest BCUT2D eigenvalue weighted by atomic mass is 10.1. The number of halogens is 8. The van der Waals surface area contributed by atoms with Crippen molar-refractivity contribution in [3.63, 3.8) is 0 Å². The van der Waals surface area contributed by atoms with Crippen LogP contribution in [0.5, 0.6) is 0 Å². The van der Waals surface area contributed by atoms with E-state index in [4.69, 9.17) is 50.9 Å². The van der Waals surface area contributed by atoms with Crippen molar-refractivity contribution < 1.29 is 47.4 Å². The first-order chi connectivity index (χ1) is 46.6. The normalized spacial score (nSPS) is 12.6. The van der Waals surface area contributed by atoms with Crippen LogP contribution in [0.15, 0.2) is 122 Å². The summed E-state index contributed by atoms with van der Waals surface area (Å²) in [4.78, 5) is 92.8. The molecule has 0 spiro atoms. The summed E-state index contributed by atoms with van der Waals surface area (Å²) < 4.78 is 24.6. The molecular weight excluding hydrogens is 1410 g/mol. The van der Waals surface area contributed by atoms with E-state index < -0.39 is 28.2 Å². The van der Waals surface area contributed by atoms with Gasteiger partial charge in [0.25, 0.3) is 17.7 Å². The molecule has 8 N–H and O–H groups in total. The highest BCUT2D eigenvalue weighted by atomic mass is 35.5. The van der Waals surface area contributed by atoms with Crippen LogP contribution in [0.4, 0.5) is 25.8 Å². The van der Waals surface area contributed by atoms with Crippen molar-refractivity contribution in [3.05, 3.63) is 182 Å². The molecule has 6 aromatic rings. The van der Waals surface area contributed by atoms with E-state index in [0.29, 0.717) is 21.7 Å². The molecular formula is C68H87Cl6F2N15O8. The maximum absolute atomic E-state index is 12.4. The summed E-state index contributed by atoms with van der Waals surface area (Å²) in [5, 5.41) is 34.6. The van der Waals surface area contributed by atoms with E-state index >= 15 is 0 Å². The highest BCUT2D eigenvalue weighted by Gasteiger charge is 2.21. The molecule has 31 heteroatoms. The van der Waals surface area contributed by atoms with Gasteiger partial charge >= 0.3 is 16.5 Å². The average Bonchev–Trinajstić information content (AvgIpc) is 1.83. The molecule has 0 aliphatic carbocycles. The molecule has 0 unspecified atom stereocenters. The van der Waals surface area contributed by atoms with E-state index in [-0.39, 0.29) is 63.9 Å². The molecule has 99 heavy (non-hydrogen) atoms. The van der Waals surface area contributed by atoms with Gasteiger partial charge in [0.05, 0.1) is 22.8 Å². The molecule has 0 saturated carbocycles. The molecule has 2 aromatic heterocycles. The Bertz CT molecular complexity index is 3440. The van der Waals surface area contributed by atoms with Crippen molar-refractivity contribution in [2.75, 3.05) is 142 Å². The Balaban J connectivity index is 0.00000117. The third-order valence-corrected chi connectivity index (χ3v) is 14.4. The first kappa shape index (κ1) is 90.7. The standard InChI is InChI=1S/C20H22ClN5O.C14H21N3O.C9H10FNO.C7H5FO2.C6H2Cl2N2.C5H12N2.C3H8.C2Cl2O2.C2H6N2O.ClH/c1-24(2)20(27)15-4-6-16(7-5-15)25-10-3-11-26(13-12-25)18-8-9-23-19(21)17(18)14-22;1-16(2)14(18)12-4-6-13(7-5-12)17-10-3-8-15-9-11-17;1-11(2)9(12)7-3-5-8(10)6-4-7;8-6-3-1-5(2-4-6)7(9)10;7-5-1-2-10-6(8)4(5)3-9;1-2-6-4-5-7-3-1;1-3-2;3-1(5)2(4)6;3-1-2(4)5;/h4-9H,3,10-13H2,1-2H3;4-7,15H,3,8-11H2,1-2H3;3-6H,1-2H3;1-4H,(H,9,10);1-2H;6-7H,1-5H2;3H2,1-2H3;;1,3H2,(H2,4,5);1H. The highest BCUT2D eigenvalue weighted by Crippen LogP contribution is 2.27. The molecule has 3 aliphatic rings. The van der Waals surface area contributed by atoms with Crippen LogP contribution in [0.25, 0.3) is 0 Å². The van der Waals surface area contributed by atoms with Gasteiger partial charge in [-0.05, 0) is 171 Å². The topological polar surface area (TPSA) is 321 Å². The minimum Gasteiger partial charge on any atom is -0.478 e. The number of carboxylic acids is 1. The second kappa shape index (κ2) is 51.8. The third kappa shape index (κ3) is 36.9. The number of nitriles is 2. The molecule has 9 rings (SSSR count). The molecule has 3 saturated heterocycles. The minimum absolute atomic E-state index is 0. The number of aromatic carboxylic acids is 1. The zero-order valence-electron chi connectivity index (χ0n) is 56.6. The van der Waals surface area contributed by atoms with Gasteiger partial charge in [-0.1, -0.05) is 55.1 Å². The number of anilines is 3. The summed E-state index contributed by atoms with van der Waals surface area (Å²) in [7, 11) is 10.4. The van der Waals surface area contributed by atoms with Crippen LogP contribution < -0.4 is 42.1 Å². The number of hydrogen-bond acceptors (Lipinski definition) is 18. The molecule has 3 fully saturated rings. The van der Waals surface area contributed by atoms with Crippen molar-refractivity contribution in [2.24, 2.45) is 11.5 Å². The lowest BCUT2D eigenvalue weighted by Gasteiger charge is -2.25. The van der Waals surface area contributed by atoms with Crippen LogP contribution in [0.1, 0.15) is 92.1 Å². The number of nitrogens with zero attached hydrogens (tertiary/aromatic N) is 10. The van der Waals surface area contributed by atoms with Gasteiger partial charge < -0.3 is 61.9 Å². The Morgan fingerprint density at radius 3 is 1.23 bits per heavy atom. The van der Waals surface area contributed by atoms with Gasteiger partial charge in [0.15, 0.2) is 0 Å². The number of carboxylic acid groups (broad SMARTS) is 1. The van der Waals surface area contributed by atoms with Gasteiger partial charge in [-0.2, -0.15) is 10.5 Å². The molecule has 5 heterocycles. The molecule has 23 nitrogen and oxygen atoms in total. The van der Waals surface area contributed by atoms with Gasteiger partial charge in [-0.25, -0.2) is 23.5 Å². The lowest BCUT2D eigenvalue weighted by Crippen LogP contribution is -2.31. The van der Waals surface area contributed by atoms with Gasteiger partial charge in [-0.3, -0.25) is 28.8 Å². The van der Waals surface area contributed by atoms with E-state index in [0.717, 1.165) is 101 Å². The largest absolute Gasteiger partial charge is 0.478 e. The predicted octanol–water partition coefficient (Wildman–Crippen LogP) is 9.88. The number of aromatic nitrogens is 2. The smallest absolute Gasteiger partial charge is 0.335 e. The van der Waals surface area contributed by atoms with Crippen molar-refractivity contribution in [1.29, 1.82) is 10.5 Å². The zero-order valence-corrected chi connectivity index (χ0v) is 61.1. The third-order valence-electron chi connectivity index (χ3n) is 13.0.